The number of ether oxygens (including phenoxy) is 2. The Hall–Kier alpha value is -2.37. The van der Waals surface area contributed by atoms with Gasteiger partial charge < -0.3 is 15.2 Å². The van der Waals surface area contributed by atoms with E-state index in [0.717, 1.165) is 0 Å². The van der Waals surface area contributed by atoms with Gasteiger partial charge in [-0.15, -0.1) is 0 Å². The van der Waals surface area contributed by atoms with Crippen LogP contribution in [0.5, 0.6) is 17.5 Å². The van der Waals surface area contributed by atoms with Crippen molar-refractivity contribution in [3.8, 4) is 17.5 Å². The first-order valence-electron chi connectivity index (χ1n) is 5.37. The first-order chi connectivity index (χ1) is 8.70. The van der Waals surface area contributed by atoms with Gasteiger partial charge >= 0.3 is 0 Å². The van der Waals surface area contributed by atoms with E-state index in [4.69, 9.17) is 15.2 Å². The maximum absolute atomic E-state index is 13.0. The van der Waals surface area contributed by atoms with Crippen molar-refractivity contribution in [2.24, 2.45) is 0 Å². The van der Waals surface area contributed by atoms with Gasteiger partial charge in [-0.25, -0.2) is 4.39 Å². The predicted molar refractivity (Wildman–Crippen MR) is 64.1 cm³/mol. The van der Waals surface area contributed by atoms with Gasteiger partial charge in [-0.1, -0.05) is 6.07 Å². The SMILES string of the molecule is CCOc1ncnc(Oc2cccc(F)c2)c1N. The first kappa shape index (κ1) is 12.1. The van der Waals surface area contributed by atoms with Gasteiger partial charge in [-0.2, -0.15) is 9.97 Å². The zero-order valence-electron chi connectivity index (χ0n) is 9.76. The molecule has 18 heavy (non-hydrogen) atoms. The second-order valence-corrected chi connectivity index (χ2v) is 3.39. The molecule has 6 heteroatoms. The van der Waals surface area contributed by atoms with E-state index >= 15 is 0 Å². The number of hydrogen-bond acceptors (Lipinski definition) is 5. The van der Waals surface area contributed by atoms with Crippen LogP contribution in [0.1, 0.15) is 6.92 Å². The Balaban J connectivity index is 2.26. The molecule has 0 aliphatic heterocycles. The average molecular weight is 249 g/mol. The molecule has 0 spiro atoms. The Morgan fingerprint density at radius 3 is 2.78 bits per heavy atom. The number of nitrogens with zero attached hydrogens (tertiary/aromatic N) is 2. The summed E-state index contributed by atoms with van der Waals surface area (Å²) in [6.07, 6.45) is 1.27. The Kier molecular flexibility index (Phi) is 3.57. The van der Waals surface area contributed by atoms with Crippen LogP contribution in [0.3, 0.4) is 0 Å². The minimum atomic E-state index is -0.398. The molecule has 0 atom stereocenters. The zero-order valence-corrected chi connectivity index (χ0v) is 9.76. The molecule has 2 N–H and O–H groups in total. The molecule has 0 saturated heterocycles. The lowest BCUT2D eigenvalue weighted by Gasteiger charge is -2.09. The van der Waals surface area contributed by atoms with Crippen molar-refractivity contribution in [1.82, 2.24) is 9.97 Å². The van der Waals surface area contributed by atoms with Gasteiger partial charge in [0.15, 0.2) is 5.69 Å². The lowest BCUT2D eigenvalue weighted by atomic mass is 10.3. The third-order valence-electron chi connectivity index (χ3n) is 2.10. The van der Waals surface area contributed by atoms with Crippen molar-refractivity contribution < 1.29 is 13.9 Å². The molecule has 1 heterocycles. The quantitative estimate of drug-likeness (QED) is 0.900. The molecule has 0 fully saturated rings. The highest BCUT2D eigenvalue weighted by Gasteiger charge is 2.11. The van der Waals surface area contributed by atoms with Crippen molar-refractivity contribution in [3.63, 3.8) is 0 Å². The molecule has 0 bridgehead atoms. The topological polar surface area (TPSA) is 70.3 Å². The van der Waals surface area contributed by atoms with E-state index in [1.54, 1.807) is 6.07 Å². The standard InChI is InChI=1S/C12H12FN3O2/c1-2-17-11-10(14)12(16-7-15-11)18-9-5-3-4-8(13)6-9/h3-7H,2,14H2,1H3. The van der Waals surface area contributed by atoms with E-state index in [1.165, 1.54) is 24.5 Å². The summed E-state index contributed by atoms with van der Waals surface area (Å²) in [6, 6.07) is 5.69. The number of rotatable bonds is 4. The third kappa shape index (κ3) is 2.65. The largest absolute Gasteiger partial charge is 0.476 e. The van der Waals surface area contributed by atoms with Gasteiger partial charge in [0.25, 0.3) is 0 Å². The average Bonchev–Trinajstić information content (AvgIpc) is 2.35. The van der Waals surface area contributed by atoms with Crippen molar-refractivity contribution >= 4 is 5.69 Å². The molecule has 1 aromatic heterocycles. The minimum Gasteiger partial charge on any atom is -0.476 e. The van der Waals surface area contributed by atoms with E-state index < -0.39 is 5.82 Å². The molecule has 2 aromatic rings. The molecule has 0 aliphatic carbocycles. The fourth-order valence-corrected chi connectivity index (χ4v) is 1.34. The highest BCUT2D eigenvalue weighted by atomic mass is 19.1. The number of hydrogen-bond donors (Lipinski definition) is 1. The van der Waals surface area contributed by atoms with Crippen molar-refractivity contribution in [3.05, 3.63) is 36.4 Å². The fourth-order valence-electron chi connectivity index (χ4n) is 1.34. The molecule has 0 amide bonds. The van der Waals surface area contributed by atoms with Crippen LogP contribution in [0.4, 0.5) is 10.1 Å². The van der Waals surface area contributed by atoms with Crippen LogP contribution in [0.25, 0.3) is 0 Å². The molecular weight excluding hydrogens is 237 g/mol. The third-order valence-corrected chi connectivity index (χ3v) is 2.10. The second-order valence-electron chi connectivity index (χ2n) is 3.39. The highest BCUT2D eigenvalue weighted by Crippen LogP contribution is 2.30. The summed E-state index contributed by atoms with van der Waals surface area (Å²) in [5.74, 6) is 0.297. The summed E-state index contributed by atoms with van der Waals surface area (Å²) in [6.45, 7) is 2.25. The van der Waals surface area contributed by atoms with Crippen molar-refractivity contribution in [2.45, 2.75) is 6.92 Å². The van der Waals surface area contributed by atoms with Crippen LogP contribution in [0.15, 0.2) is 30.6 Å². The zero-order chi connectivity index (χ0) is 13.0. The van der Waals surface area contributed by atoms with Crippen LogP contribution >= 0.6 is 0 Å². The molecule has 0 saturated carbocycles. The van der Waals surface area contributed by atoms with Gasteiger partial charge in [0.1, 0.15) is 17.9 Å². The summed E-state index contributed by atoms with van der Waals surface area (Å²) in [4.78, 5) is 7.76. The summed E-state index contributed by atoms with van der Waals surface area (Å²) in [7, 11) is 0. The Labute approximate surface area is 103 Å². The number of anilines is 1. The summed E-state index contributed by atoms with van der Waals surface area (Å²) < 4.78 is 23.6. The number of nitrogens with two attached hydrogens (primary N) is 1. The highest BCUT2D eigenvalue weighted by molar-refractivity contribution is 5.56. The maximum Gasteiger partial charge on any atom is 0.249 e. The van der Waals surface area contributed by atoms with Gasteiger partial charge in [0.2, 0.25) is 11.8 Å². The molecule has 2 rings (SSSR count). The van der Waals surface area contributed by atoms with Crippen LogP contribution in [-0.2, 0) is 0 Å². The second kappa shape index (κ2) is 5.31. The smallest absolute Gasteiger partial charge is 0.249 e. The molecule has 0 aliphatic rings. The Morgan fingerprint density at radius 2 is 2.06 bits per heavy atom. The molecule has 0 radical (unpaired) electrons. The van der Waals surface area contributed by atoms with Crippen LogP contribution < -0.4 is 15.2 Å². The lowest BCUT2D eigenvalue weighted by molar-refractivity contribution is 0.325. The molecular formula is C12H12FN3O2. The van der Waals surface area contributed by atoms with Gasteiger partial charge in [0.05, 0.1) is 6.61 Å². The van der Waals surface area contributed by atoms with Crippen LogP contribution in [-0.4, -0.2) is 16.6 Å². The molecule has 5 nitrogen and oxygen atoms in total. The van der Waals surface area contributed by atoms with Crippen molar-refractivity contribution in [1.29, 1.82) is 0 Å². The molecule has 94 valence electrons. The predicted octanol–water partition coefficient (Wildman–Crippen LogP) is 2.39. The summed E-state index contributed by atoms with van der Waals surface area (Å²) in [5.41, 5.74) is 5.97. The number of benzene rings is 1. The Morgan fingerprint density at radius 1 is 1.28 bits per heavy atom. The summed E-state index contributed by atoms with van der Waals surface area (Å²) >= 11 is 0. The monoisotopic (exact) mass is 249 g/mol. The van der Waals surface area contributed by atoms with E-state index in [0.29, 0.717) is 12.4 Å². The maximum atomic E-state index is 13.0. The minimum absolute atomic E-state index is 0.138. The number of aromatic nitrogens is 2. The van der Waals surface area contributed by atoms with Gasteiger partial charge in [-0.05, 0) is 19.1 Å². The van der Waals surface area contributed by atoms with E-state index in [9.17, 15) is 4.39 Å². The molecule has 0 unspecified atom stereocenters. The van der Waals surface area contributed by atoms with Gasteiger partial charge in [0, 0.05) is 6.07 Å². The first-order valence-corrected chi connectivity index (χ1v) is 5.37. The van der Waals surface area contributed by atoms with Crippen LogP contribution in [0, 0.1) is 5.82 Å². The molecule has 1 aromatic carbocycles. The number of nitrogen functional groups attached to an aromatic ring is 1. The fraction of sp³-hybridized carbons (Fsp3) is 0.167. The normalized spacial score (nSPS) is 10.1. The lowest BCUT2D eigenvalue weighted by Crippen LogP contribution is -2.02. The van der Waals surface area contributed by atoms with E-state index in [1.807, 2.05) is 6.92 Å². The van der Waals surface area contributed by atoms with Crippen LogP contribution in [0.2, 0.25) is 0 Å². The van der Waals surface area contributed by atoms with Crippen molar-refractivity contribution in [2.75, 3.05) is 12.3 Å². The van der Waals surface area contributed by atoms with E-state index in [2.05, 4.69) is 9.97 Å². The Bertz CT molecular complexity index is 549. The van der Waals surface area contributed by atoms with E-state index in [-0.39, 0.29) is 17.4 Å². The van der Waals surface area contributed by atoms with Gasteiger partial charge in [-0.3, -0.25) is 0 Å². The number of halogens is 1. The summed E-state index contributed by atoms with van der Waals surface area (Å²) in [5, 5.41) is 0.